The van der Waals surface area contributed by atoms with Crippen LogP contribution < -0.4 is 5.73 Å². The van der Waals surface area contributed by atoms with E-state index in [1.807, 2.05) is 43.0 Å². The number of carbonyl (C=O) groups excluding carboxylic acids is 1. The second-order valence-electron chi connectivity index (χ2n) is 6.60. The summed E-state index contributed by atoms with van der Waals surface area (Å²) >= 11 is 0. The van der Waals surface area contributed by atoms with Gasteiger partial charge in [0.05, 0.1) is 11.5 Å². The maximum atomic E-state index is 11.4. The highest BCUT2D eigenvalue weighted by Crippen LogP contribution is 2.28. The van der Waals surface area contributed by atoms with Gasteiger partial charge in [0.15, 0.2) is 5.60 Å². The molecule has 2 rings (SSSR count). The number of carbonyl (C=O) groups is 1. The summed E-state index contributed by atoms with van der Waals surface area (Å²) in [5.41, 5.74) is 5.32. The van der Waals surface area contributed by atoms with Crippen LogP contribution >= 0.6 is 0 Å². The molecule has 118 valence electrons. The van der Waals surface area contributed by atoms with Gasteiger partial charge in [0.2, 0.25) is 0 Å². The smallest absolute Gasteiger partial charge is 0.250 e. The Hall–Kier alpha value is -1.90. The highest BCUT2D eigenvalue weighted by molar-refractivity contribution is 5.83. The molecule has 0 bridgehead atoms. The number of likely N-dealkylation sites (tertiary alicyclic amines) is 1. The van der Waals surface area contributed by atoms with E-state index in [-0.39, 0.29) is 6.54 Å². The molecule has 1 unspecified atom stereocenters. The van der Waals surface area contributed by atoms with Crippen LogP contribution in [0.1, 0.15) is 37.8 Å². The third-order valence-electron chi connectivity index (χ3n) is 4.37. The van der Waals surface area contributed by atoms with Gasteiger partial charge in [0, 0.05) is 13.1 Å². The van der Waals surface area contributed by atoms with Crippen LogP contribution in [0, 0.1) is 11.3 Å². The van der Waals surface area contributed by atoms with Gasteiger partial charge in [-0.1, -0.05) is 24.3 Å². The molecule has 1 aromatic rings. The van der Waals surface area contributed by atoms with Crippen LogP contribution in [0.4, 0.5) is 0 Å². The van der Waals surface area contributed by atoms with Gasteiger partial charge in [-0.3, -0.25) is 9.69 Å². The molecule has 1 amide bonds. The summed E-state index contributed by atoms with van der Waals surface area (Å²) < 4.78 is 0. The molecular formula is C17H23N3O2. The second kappa shape index (κ2) is 6.07. The van der Waals surface area contributed by atoms with E-state index in [0.717, 1.165) is 24.1 Å². The van der Waals surface area contributed by atoms with Gasteiger partial charge in [-0.15, -0.1) is 0 Å². The van der Waals surface area contributed by atoms with Gasteiger partial charge in [-0.25, -0.2) is 0 Å². The lowest BCUT2D eigenvalue weighted by Gasteiger charge is -2.37. The number of benzene rings is 1. The van der Waals surface area contributed by atoms with Crippen LogP contribution in [0.15, 0.2) is 24.3 Å². The van der Waals surface area contributed by atoms with Crippen LogP contribution in [-0.2, 0) is 16.8 Å². The van der Waals surface area contributed by atoms with Crippen LogP contribution in [0.2, 0.25) is 0 Å². The number of primary amides is 1. The predicted octanol–water partition coefficient (Wildman–Crippen LogP) is 1.30. The van der Waals surface area contributed by atoms with E-state index < -0.39 is 16.9 Å². The first kappa shape index (κ1) is 16.5. The fourth-order valence-corrected chi connectivity index (χ4v) is 3.03. The molecule has 0 saturated carbocycles. The Morgan fingerprint density at radius 2 is 2.18 bits per heavy atom. The first-order valence-corrected chi connectivity index (χ1v) is 7.53. The average Bonchev–Trinajstić information content (AvgIpc) is 2.47. The Morgan fingerprint density at radius 3 is 2.82 bits per heavy atom. The number of β-amino-alcohol motifs (C(OH)–C–C–N with tert-alkyl or cyclic N) is 1. The summed E-state index contributed by atoms with van der Waals surface area (Å²) in [6.45, 7) is 5.42. The highest BCUT2D eigenvalue weighted by Gasteiger charge is 2.38. The number of nitrogens with two attached hydrogens (primary N) is 1. The molecule has 1 saturated heterocycles. The number of hydrogen-bond donors (Lipinski definition) is 2. The molecule has 5 nitrogen and oxygen atoms in total. The van der Waals surface area contributed by atoms with Crippen LogP contribution in [0.25, 0.3) is 0 Å². The lowest BCUT2D eigenvalue weighted by atomic mass is 9.82. The van der Waals surface area contributed by atoms with E-state index in [1.54, 1.807) is 0 Å². The Bertz CT molecular complexity index is 606. The summed E-state index contributed by atoms with van der Waals surface area (Å²) in [6, 6.07) is 10.1. The summed E-state index contributed by atoms with van der Waals surface area (Å²) in [5.74, 6) is -0.664. The number of piperidine rings is 1. The van der Waals surface area contributed by atoms with Crippen molar-refractivity contribution < 1.29 is 9.90 Å². The van der Waals surface area contributed by atoms with Gasteiger partial charge in [0.1, 0.15) is 0 Å². The number of amides is 1. The lowest BCUT2D eigenvalue weighted by Crippen LogP contribution is -2.55. The van der Waals surface area contributed by atoms with E-state index >= 15 is 0 Å². The first-order chi connectivity index (χ1) is 10.3. The van der Waals surface area contributed by atoms with Crippen LogP contribution in [-0.4, -0.2) is 34.6 Å². The van der Waals surface area contributed by atoms with Crippen molar-refractivity contribution in [1.82, 2.24) is 4.90 Å². The monoisotopic (exact) mass is 301 g/mol. The van der Waals surface area contributed by atoms with E-state index in [4.69, 9.17) is 5.73 Å². The van der Waals surface area contributed by atoms with Gasteiger partial charge in [-0.05, 0) is 44.4 Å². The molecule has 22 heavy (non-hydrogen) atoms. The maximum absolute atomic E-state index is 11.4. The SMILES string of the molecule is CC(C)(C#N)c1ccccc1CN1CCCC(O)(C(N)=O)C1. The lowest BCUT2D eigenvalue weighted by molar-refractivity contribution is -0.142. The molecule has 0 aromatic heterocycles. The predicted molar refractivity (Wildman–Crippen MR) is 83.7 cm³/mol. The molecule has 1 aromatic carbocycles. The maximum Gasteiger partial charge on any atom is 0.250 e. The van der Waals surface area contributed by atoms with E-state index in [1.165, 1.54) is 0 Å². The number of aliphatic hydroxyl groups is 1. The standard InChI is InChI=1S/C17H23N3O2/c1-16(2,11-18)14-7-4-3-6-13(14)10-20-9-5-8-17(22,12-20)15(19)21/h3-4,6-7,22H,5,8-10,12H2,1-2H3,(H2,19,21). The molecule has 1 atom stereocenters. The second-order valence-corrected chi connectivity index (χ2v) is 6.60. The average molecular weight is 301 g/mol. The third kappa shape index (κ3) is 3.29. The van der Waals surface area contributed by atoms with Crippen molar-refractivity contribution in [1.29, 1.82) is 5.26 Å². The number of rotatable bonds is 4. The molecule has 1 aliphatic rings. The van der Waals surface area contributed by atoms with Crippen molar-refractivity contribution in [2.24, 2.45) is 5.73 Å². The first-order valence-electron chi connectivity index (χ1n) is 7.53. The quantitative estimate of drug-likeness (QED) is 0.877. The Labute approximate surface area is 131 Å². The van der Waals surface area contributed by atoms with Crippen LogP contribution in [0.3, 0.4) is 0 Å². The van der Waals surface area contributed by atoms with Gasteiger partial charge >= 0.3 is 0 Å². The molecule has 5 heteroatoms. The zero-order chi connectivity index (χ0) is 16.4. The summed E-state index contributed by atoms with van der Waals surface area (Å²) in [4.78, 5) is 13.5. The Balaban J connectivity index is 2.22. The van der Waals surface area contributed by atoms with Gasteiger partial charge in [-0.2, -0.15) is 5.26 Å². The number of nitrogens with zero attached hydrogens (tertiary/aromatic N) is 2. The number of nitriles is 1. The highest BCUT2D eigenvalue weighted by atomic mass is 16.3. The Kier molecular flexibility index (Phi) is 4.55. The number of hydrogen-bond acceptors (Lipinski definition) is 4. The Morgan fingerprint density at radius 1 is 1.50 bits per heavy atom. The topological polar surface area (TPSA) is 90.3 Å². The zero-order valence-corrected chi connectivity index (χ0v) is 13.2. The van der Waals surface area contributed by atoms with E-state index in [9.17, 15) is 15.2 Å². The minimum absolute atomic E-state index is 0.240. The van der Waals surface area contributed by atoms with Gasteiger partial charge < -0.3 is 10.8 Å². The van der Waals surface area contributed by atoms with E-state index in [0.29, 0.717) is 13.0 Å². The van der Waals surface area contributed by atoms with E-state index in [2.05, 4.69) is 6.07 Å². The van der Waals surface area contributed by atoms with Crippen molar-refractivity contribution in [3.05, 3.63) is 35.4 Å². The molecular weight excluding hydrogens is 278 g/mol. The summed E-state index contributed by atoms with van der Waals surface area (Å²) in [7, 11) is 0. The molecule has 0 radical (unpaired) electrons. The van der Waals surface area contributed by atoms with Crippen molar-refractivity contribution in [3.8, 4) is 6.07 Å². The van der Waals surface area contributed by atoms with Crippen molar-refractivity contribution in [2.45, 2.75) is 44.2 Å². The zero-order valence-electron chi connectivity index (χ0n) is 13.2. The largest absolute Gasteiger partial charge is 0.379 e. The summed E-state index contributed by atoms with van der Waals surface area (Å²) in [5, 5.41) is 19.7. The minimum atomic E-state index is -1.45. The van der Waals surface area contributed by atoms with Crippen molar-refractivity contribution >= 4 is 5.91 Å². The molecule has 1 fully saturated rings. The molecule has 3 N–H and O–H groups in total. The normalized spacial score (nSPS) is 23.0. The third-order valence-corrected chi connectivity index (χ3v) is 4.37. The van der Waals surface area contributed by atoms with Gasteiger partial charge in [0.25, 0.3) is 5.91 Å². The fraction of sp³-hybridized carbons (Fsp3) is 0.529. The molecule has 1 aliphatic heterocycles. The fourth-order valence-electron chi connectivity index (χ4n) is 3.03. The van der Waals surface area contributed by atoms with Crippen LogP contribution in [0.5, 0.6) is 0 Å². The minimum Gasteiger partial charge on any atom is -0.379 e. The molecule has 0 aliphatic carbocycles. The molecule has 1 heterocycles. The van der Waals surface area contributed by atoms with Crippen molar-refractivity contribution in [2.75, 3.05) is 13.1 Å². The summed E-state index contributed by atoms with van der Waals surface area (Å²) in [6.07, 6.45) is 1.13. The molecule has 0 spiro atoms. The van der Waals surface area contributed by atoms with Crippen molar-refractivity contribution in [3.63, 3.8) is 0 Å².